The molecular formula is C14H10BrNO. The third kappa shape index (κ3) is 3.36. The minimum absolute atomic E-state index is 0.0434. The number of ketones is 1. The topological polar surface area (TPSA) is 30.0 Å². The van der Waals surface area contributed by atoms with E-state index in [2.05, 4.69) is 20.9 Å². The van der Waals surface area contributed by atoms with Gasteiger partial charge in [-0.15, -0.1) is 0 Å². The molecule has 1 aromatic carbocycles. The van der Waals surface area contributed by atoms with Crippen molar-refractivity contribution in [2.24, 2.45) is 0 Å². The number of benzene rings is 1. The summed E-state index contributed by atoms with van der Waals surface area (Å²) in [5.41, 5.74) is 1.58. The molecule has 3 heteroatoms. The molecule has 0 aliphatic heterocycles. The van der Waals surface area contributed by atoms with Crippen molar-refractivity contribution >= 4 is 27.8 Å². The fourth-order valence-corrected chi connectivity index (χ4v) is 1.80. The lowest BCUT2D eigenvalue weighted by Gasteiger charge is -1.95. The van der Waals surface area contributed by atoms with Gasteiger partial charge in [-0.25, -0.2) is 0 Å². The summed E-state index contributed by atoms with van der Waals surface area (Å²) in [6.07, 6.45) is 6.56. The zero-order valence-electron chi connectivity index (χ0n) is 9.01. The normalized spacial score (nSPS) is 10.6. The molecule has 0 fully saturated rings. The number of hydrogen-bond acceptors (Lipinski definition) is 2. The van der Waals surface area contributed by atoms with E-state index in [1.807, 2.05) is 24.3 Å². The molecule has 1 heterocycles. The first-order valence-electron chi connectivity index (χ1n) is 5.14. The van der Waals surface area contributed by atoms with Crippen LogP contribution < -0.4 is 0 Å². The maximum absolute atomic E-state index is 11.8. The monoisotopic (exact) mass is 287 g/mol. The Balaban J connectivity index is 2.14. The Labute approximate surface area is 108 Å². The van der Waals surface area contributed by atoms with E-state index in [0.29, 0.717) is 5.56 Å². The van der Waals surface area contributed by atoms with Gasteiger partial charge in [-0.1, -0.05) is 34.1 Å². The Morgan fingerprint density at radius 3 is 2.82 bits per heavy atom. The summed E-state index contributed by atoms with van der Waals surface area (Å²) in [4.78, 5) is 15.7. The lowest BCUT2D eigenvalue weighted by molar-refractivity contribution is 0.104. The van der Waals surface area contributed by atoms with Gasteiger partial charge in [-0.3, -0.25) is 9.78 Å². The lowest BCUT2D eigenvalue weighted by atomic mass is 10.1. The summed E-state index contributed by atoms with van der Waals surface area (Å²) in [5, 5.41) is 0. The van der Waals surface area contributed by atoms with Crippen molar-refractivity contribution in [3.05, 3.63) is 70.5 Å². The van der Waals surface area contributed by atoms with Crippen LogP contribution in [0.4, 0.5) is 0 Å². The molecule has 0 radical (unpaired) electrons. The summed E-state index contributed by atoms with van der Waals surface area (Å²) < 4.78 is 0.994. The van der Waals surface area contributed by atoms with Crippen molar-refractivity contribution in [2.45, 2.75) is 0 Å². The van der Waals surface area contributed by atoms with E-state index in [1.165, 1.54) is 0 Å². The van der Waals surface area contributed by atoms with Gasteiger partial charge in [0.05, 0.1) is 0 Å². The molecule has 0 amide bonds. The van der Waals surface area contributed by atoms with E-state index < -0.39 is 0 Å². The van der Waals surface area contributed by atoms with Gasteiger partial charge < -0.3 is 0 Å². The molecule has 0 spiro atoms. The fraction of sp³-hybridized carbons (Fsp3) is 0. The largest absolute Gasteiger partial charge is 0.289 e. The number of carbonyl (C=O) groups is 1. The molecule has 0 bridgehead atoms. The first-order chi connectivity index (χ1) is 8.25. The van der Waals surface area contributed by atoms with Crippen LogP contribution >= 0.6 is 15.9 Å². The average molecular weight is 288 g/mol. The van der Waals surface area contributed by atoms with Crippen molar-refractivity contribution in [2.75, 3.05) is 0 Å². The highest BCUT2D eigenvalue weighted by Gasteiger charge is 1.99. The predicted octanol–water partition coefficient (Wildman–Crippen LogP) is 3.74. The molecule has 2 aromatic rings. The summed E-state index contributed by atoms with van der Waals surface area (Å²) in [6.45, 7) is 0. The van der Waals surface area contributed by atoms with Crippen LogP contribution in [0.25, 0.3) is 6.08 Å². The van der Waals surface area contributed by atoms with Crippen LogP contribution in [-0.4, -0.2) is 10.8 Å². The van der Waals surface area contributed by atoms with Crippen molar-refractivity contribution < 1.29 is 4.79 Å². The second kappa shape index (κ2) is 5.55. The van der Waals surface area contributed by atoms with Crippen molar-refractivity contribution in [3.8, 4) is 0 Å². The minimum atomic E-state index is -0.0434. The van der Waals surface area contributed by atoms with Crippen LogP contribution in [0, 0.1) is 0 Å². The number of rotatable bonds is 3. The SMILES string of the molecule is O=C(/C=C/c1cccc(Br)c1)c1cccnc1. The molecule has 0 saturated heterocycles. The van der Waals surface area contributed by atoms with Gasteiger partial charge >= 0.3 is 0 Å². The van der Waals surface area contributed by atoms with E-state index >= 15 is 0 Å². The quantitative estimate of drug-likeness (QED) is 0.636. The van der Waals surface area contributed by atoms with Gasteiger partial charge in [0, 0.05) is 22.4 Å². The Hall–Kier alpha value is -1.74. The van der Waals surface area contributed by atoms with Crippen LogP contribution in [0.5, 0.6) is 0 Å². The third-order valence-electron chi connectivity index (χ3n) is 2.22. The first-order valence-corrected chi connectivity index (χ1v) is 5.93. The second-order valence-electron chi connectivity index (χ2n) is 3.49. The number of allylic oxidation sites excluding steroid dienone is 1. The van der Waals surface area contributed by atoms with Crippen molar-refractivity contribution in [3.63, 3.8) is 0 Å². The Morgan fingerprint density at radius 2 is 2.12 bits per heavy atom. The molecule has 0 aliphatic carbocycles. The molecule has 0 saturated carbocycles. The van der Waals surface area contributed by atoms with Gasteiger partial charge in [-0.2, -0.15) is 0 Å². The molecule has 2 rings (SSSR count). The molecule has 0 aliphatic rings. The number of pyridine rings is 1. The van der Waals surface area contributed by atoms with Gasteiger partial charge in [0.15, 0.2) is 5.78 Å². The van der Waals surface area contributed by atoms with E-state index in [-0.39, 0.29) is 5.78 Å². The van der Waals surface area contributed by atoms with Crippen molar-refractivity contribution in [1.29, 1.82) is 0 Å². The van der Waals surface area contributed by atoms with E-state index in [9.17, 15) is 4.79 Å². The number of nitrogens with zero attached hydrogens (tertiary/aromatic N) is 1. The molecule has 0 unspecified atom stereocenters. The average Bonchev–Trinajstić information content (AvgIpc) is 2.37. The smallest absolute Gasteiger partial charge is 0.187 e. The summed E-state index contributed by atoms with van der Waals surface area (Å²) in [6, 6.07) is 11.3. The molecular weight excluding hydrogens is 278 g/mol. The van der Waals surface area contributed by atoms with Gasteiger partial charge in [0.25, 0.3) is 0 Å². The summed E-state index contributed by atoms with van der Waals surface area (Å²) in [7, 11) is 0. The molecule has 17 heavy (non-hydrogen) atoms. The molecule has 0 N–H and O–H groups in total. The first kappa shape index (κ1) is 11.7. The second-order valence-corrected chi connectivity index (χ2v) is 4.41. The molecule has 2 nitrogen and oxygen atoms in total. The van der Waals surface area contributed by atoms with E-state index in [1.54, 1.807) is 36.7 Å². The Bertz CT molecular complexity index is 549. The van der Waals surface area contributed by atoms with Crippen LogP contribution in [-0.2, 0) is 0 Å². The van der Waals surface area contributed by atoms with E-state index in [0.717, 1.165) is 10.0 Å². The van der Waals surface area contributed by atoms with Crippen LogP contribution in [0.15, 0.2) is 59.3 Å². The lowest BCUT2D eigenvalue weighted by Crippen LogP contribution is -1.93. The Morgan fingerprint density at radius 1 is 1.24 bits per heavy atom. The standard InChI is InChI=1S/C14H10BrNO/c15-13-5-1-3-11(9-13)6-7-14(17)12-4-2-8-16-10-12/h1-10H/b7-6+. The van der Waals surface area contributed by atoms with Gasteiger partial charge in [-0.05, 0) is 35.9 Å². The summed E-state index contributed by atoms with van der Waals surface area (Å²) >= 11 is 3.39. The third-order valence-corrected chi connectivity index (χ3v) is 2.72. The number of carbonyl (C=O) groups excluding carboxylic acids is 1. The maximum atomic E-state index is 11.8. The zero-order chi connectivity index (χ0) is 12.1. The minimum Gasteiger partial charge on any atom is -0.289 e. The van der Waals surface area contributed by atoms with Gasteiger partial charge in [0.1, 0.15) is 0 Å². The fourth-order valence-electron chi connectivity index (χ4n) is 1.39. The number of hydrogen-bond donors (Lipinski definition) is 0. The highest BCUT2D eigenvalue weighted by atomic mass is 79.9. The van der Waals surface area contributed by atoms with E-state index in [4.69, 9.17) is 0 Å². The highest BCUT2D eigenvalue weighted by molar-refractivity contribution is 9.10. The summed E-state index contributed by atoms with van der Waals surface area (Å²) in [5.74, 6) is -0.0434. The maximum Gasteiger partial charge on any atom is 0.187 e. The number of halogens is 1. The van der Waals surface area contributed by atoms with Crippen molar-refractivity contribution in [1.82, 2.24) is 4.98 Å². The van der Waals surface area contributed by atoms with Crippen LogP contribution in [0.2, 0.25) is 0 Å². The van der Waals surface area contributed by atoms with Gasteiger partial charge in [0.2, 0.25) is 0 Å². The molecule has 84 valence electrons. The van der Waals surface area contributed by atoms with Crippen LogP contribution in [0.3, 0.4) is 0 Å². The van der Waals surface area contributed by atoms with Crippen LogP contribution in [0.1, 0.15) is 15.9 Å². The highest BCUT2D eigenvalue weighted by Crippen LogP contribution is 2.13. The predicted molar refractivity (Wildman–Crippen MR) is 71.7 cm³/mol. The Kier molecular flexibility index (Phi) is 3.83. The molecule has 1 aromatic heterocycles. The number of aromatic nitrogens is 1. The zero-order valence-corrected chi connectivity index (χ0v) is 10.6. The molecule has 0 atom stereocenters.